The van der Waals surface area contributed by atoms with Crippen molar-refractivity contribution >= 4 is 28.9 Å². The van der Waals surface area contributed by atoms with Crippen molar-refractivity contribution in [1.82, 2.24) is 5.32 Å². The van der Waals surface area contributed by atoms with Crippen LogP contribution in [-0.4, -0.2) is 6.54 Å². The summed E-state index contributed by atoms with van der Waals surface area (Å²) in [5.74, 6) is 0.363. The molecule has 0 atom stereocenters. The van der Waals surface area contributed by atoms with Gasteiger partial charge in [-0.05, 0) is 17.7 Å². The number of hydrogen-bond acceptors (Lipinski definition) is 4. The molecule has 0 amide bonds. The van der Waals surface area contributed by atoms with Gasteiger partial charge in [0, 0.05) is 24.5 Å². The fourth-order valence-electron chi connectivity index (χ4n) is 2.27. The molecular weight excluding hydrogens is 295 g/mol. The maximum absolute atomic E-state index is 9.20. The summed E-state index contributed by atoms with van der Waals surface area (Å²) in [5, 5.41) is 13.1. The van der Waals surface area contributed by atoms with Crippen molar-refractivity contribution in [3.05, 3.63) is 63.2 Å². The number of halogens is 2. The van der Waals surface area contributed by atoms with Crippen LogP contribution in [0, 0.1) is 11.3 Å². The summed E-state index contributed by atoms with van der Waals surface area (Å²) >= 11 is 12.3. The maximum Gasteiger partial charge on any atom is 0.119 e. The van der Waals surface area contributed by atoms with E-state index in [-0.39, 0.29) is 0 Å². The zero-order chi connectivity index (χ0) is 14.3. The van der Waals surface area contributed by atoms with Crippen molar-refractivity contribution in [2.45, 2.75) is 0 Å². The highest BCUT2D eigenvalue weighted by atomic mass is 35.5. The minimum absolute atomic E-state index is 0.363. The molecule has 2 aliphatic heterocycles. The minimum Gasteiger partial charge on any atom is -0.384 e. The predicted molar refractivity (Wildman–Crippen MR) is 79.9 cm³/mol. The van der Waals surface area contributed by atoms with E-state index >= 15 is 0 Å². The first kappa shape index (κ1) is 12.9. The molecule has 3 N–H and O–H groups in total. The molecule has 0 unspecified atom stereocenters. The summed E-state index contributed by atoms with van der Waals surface area (Å²) in [6.07, 6.45) is 3.68. The van der Waals surface area contributed by atoms with Gasteiger partial charge in [0.05, 0.1) is 15.7 Å². The molecule has 0 radical (unpaired) electrons. The van der Waals surface area contributed by atoms with Crippen molar-refractivity contribution < 1.29 is 0 Å². The smallest absolute Gasteiger partial charge is 0.119 e. The quantitative estimate of drug-likeness (QED) is 0.837. The number of fused-ring (bicyclic) bond motifs is 1. The number of nitrogens with two attached hydrogens (primary N) is 1. The van der Waals surface area contributed by atoms with Crippen molar-refractivity contribution in [2.75, 3.05) is 11.4 Å². The summed E-state index contributed by atoms with van der Waals surface area (Å²) in [6, 6.07) is 7.58. The van der Waals surface area contributed by atoms with Crippen LogP contribution >= 0.6 is 23.2 Å². The lowest BCUT2D eigenvalue weighted by Crippen LogP contribution is -2.22. The van der Waals surface area contributed by atoms with Crippen molar-refractivity contribution in [3.63, 3.8) is 0 Å². The Labute approximate surface area is 126 Å². The fourth-order valence-corrected chi connectivity index (χ4v) is 2.68. The first-order valence-electron chi connectivity index (χ1n) is 5.90. The van der Waals surface area contributed by atoms with Crippen LogP contribution in [0.1, 0.15) is 0 Å². The van der Waals surface area contributed by atoms with Crippen LogP contribution in [0.5, 0.6) is 0 Å². The van der Waals surface area contributed by atoms with E-state index in [9.17, 15) is 5.26 Å². The summed E-state index contributed by atoms with van der Waals surface area (Å²) < 4.78 is 0. The zero-order valence-corrected chi connectivity index (χ0v) is 11.8. The second-order valence-electron chi connectivity index (χ2n) is 4.46. The summed E-state index contributed by atoms with van der Waals surface area (Å²) in [4.78, 5) is 1.95. The highest BCUT2D eigenvalue weighted by Crippen LogP contribution is 2.38. The average molecular weight is 305 g/mol. The van der Waals surface area contributed by atoms with E-state index in [0.29, 0.717) is 28.0 Å². The van der Waals surface area contributed by atoms with E-state index < -0.39 is 0 Å². The van der Waals surface area contributed by atoms with Gasteiger partial charge in [-0.25, -0.2) is 0 Å². The first-order valence-corrected chi connectivity index (χ1v) is 6.66. The molecule has 0 saturated carbocycles. The topological polar surface area (TPSA) is 65.1 Å². The molecule has 20 heavy (non-hydrogen) atoms. The maximum atomic E-state index is 9.20. The van der Waals surface area contributed by atoms with Crippen LogP contribution in [0.4, 0.5) is 5.69 Å². The van der Waals surface area contributed by atoms with Gasteiger partial charge in [-0.2, -0.15) is 5.26 Å². The van der Waals surface area contributed by atoms with Crippen LogP contribution in [0.3, 0.4) is 0 Å². The Hall–Kier alpha value is -2.09. The van der Waals surface area contributed by atoms with E-state index in [2.05, 4.69) is 11.4 Å². The van der Waals surface area contributed by atoms with Crippen molar-refractivity contribution in [1.29, 1.82) is 5.26 Å². The largest absolute Gasteiger partial charge is 0.384 e. The number of anilines is 1. The Bertz CT molecular complexity index is 725. The van der Waals surface area contributed by atoms with Gasteiger partial charge in [0.15, 0.2) is 0 Å². The van der Waals surface area contributed by atoms with E-state index in [1.807, 2.05) is 23.2 Å². The van der Waals surface area contributed by atoms with Crippen LogP contribution in [0.25, 0.3) is 0 Å². The molecule has 4 nitrogen and oxygen atoms in total. The highest BCUT2D eigenvalue weighted by Gasteiger charge is 2.27. The predicted octanol–water partition coefficient (Wildman–Crippen LogP) is 2.88. The lowest BCUT2D eigenvalue weighted by Gasteiger charge is -2.18. The molecule has 1 aromatic rings. The van der Waals surface area contributed by atoms with E-state index in [1.165, 1.54) is 0 Å². The molecule has 2 aliphatic rings. The number of benzene rings is 1. The highest BCUT2D eigenvalue weighted by molar-refractivity contribution is 6.43. The molecule has 0 aromatic heterocycles. The van der Waals surface area contributed by atoms with E-state index in [1.54, 1.807) is 12.3 Å². The minimum atomic E-state index is 0.363. The van der Waals surface area contributed by atoms with Crippen LogP contribution in [0.15, 0.2) is 53.1 Å². The van der Waals surface area contributed by atoms with Crippen LogP contribution < -0.4 is 16.0 Å². The number of nitrogens with one attached hydrogen (secondary N) is 1. The number of nitriles is 1. The summed E-state index contributed by atoms with van der Waals surface area (Å²) in [7, 11) is 0. The Kier molecular flexibility index (Phi) is 3.09. The van der Waals surface area contributed by atoms with E-state index in [0.717, 1.165) is 16.8 Å². The Morgan fingerprint density at radius 2 is 2.15 bits per heavy atom. The Morgan fingerprint density at radius 3 is 2.90 bits per heavy atom. The van der Waals surface area contributed by atoms with E-state index in [4.69, 9.17) is 28.9 Å². The second kappa shape index (κ2) is 4.78. The number of nitrogens with zero attached hydrogens (tertiary/aromatic N) is 2. The molecular formula is C14H10Cl2N4. The van der Waals surface area contributed by atoms with Crippen molar-refractivity contribution in [3.8, 4) is 6.07 Å². The molecule has 3 rings (SSSR count). The normalized spacial score (nSPS) is 17.1. The van der Waals surface area contributed by atoms with Gasteiger partial charge in [-0.3, -0.25) is 0 Å². The van der Waals surface area contributed by atoms with Gasteiger partial charge in [0.2, 0.25) is 0 Å². The second-order valence-corrected chi connectivity index (χ2v) is 5.24. The lowest BCUT2D eigenvalue weighted by molar-refractivity contribution is 0.962. The number of allylic oxidation sites excluding steroid dienone is 1. The van der Waals surface area contributed by atoms with Gasteiger partial charge in [-0.15, -0.1) is 0 Å². The third-order valence-electron chi connectivity index (χ3n) is 3.26. The molecule has 1 aromatic carbocycles. The molecule has 2 heterocycles. The molecule has 0 aliphatic carbocycles. The van der Waals surface area contributed by atoms with Crippen molar-refractivity contribution in [2.24, 2.45) is 5.73 Å². The molecule has 0 spiro atoms. The molecule has 0 fully saturated rings. The SMILES string of the molecule is N#CC1=C(N)NC=C2CN(c3cccc(Cl)c3Cl)C=C21. The Morgan fingerprint density at radius 1 is 1.35 bits per heavy atom. The molecule has 0 saturated heterocycles. The standard InChI is InChI=1S/C14H10Cl2N4/c15-11-2-1-3-12(13(11)16)20-6-8-5-19-14(18)9(4-17)10(8)7-20/h1-3,5,7,19H,6,18H2. The molecule has 6 heteroatoms. The van der Waals surface area contributed by atoms with Crippen LogP contribution in [-0.2, 0) is 0 Å². The average Bonchev–Trinajstić information content (AvgIpc) is 2.85. The lowest BCUT2D eigenvalue weighted by atomic mass is 10.0. The number of rotatable bonds is 1. The molecule has 0 bridgehead atoms. The van der Waals surface area contributed by atoms with Gasteiger partial charge in [0.25, 0.3) is 0 Å². The third kappa shape index (κ3) is 1.92. The zero-order valence-electron chi connectivity index (χ0n) is 10.3. The monoisotopic (exact) mass is 304 g/mol. The number of hydrogen-bond donors (Lipinski definition) is 2. The Balaban J connectivity index is 2.05. The third-order valence-corrected chi connectivity index (χ3v) is 4.07. The number of dihydropyridines is 1. The fraction of sp³-hybridized carbons (Fsp3) is 0.0714. The molecule has 100 valence electrons. The van der Waals surface area contributed by atoms with Crippen LogP contribution in [0.2, 0.25) is 10.0 Å². The van der Waals surface area contributed by atoms with Gasteiger partial charge in [0.1, 0.15) is 17.5 Å². The van der Waals surface area contributed by atoms with Gasteiger partial charge in [-0.1, -0.05) is 29.3 Å². The van der Waals surface area contributed by atoms with Gasteiger partial charge < -0.3 is 16.0 Å². The first-order chi connectivity index (χ1) is 9.61. The van der Waals surface area contributed by atoms with Gasteiger partial charge >= 0.3 is 0 Å². The summed E-state index contributed by atoms with van der Waals surface area (Å²) in [6.45, 7) is 0.612. The summed E-state index contributed by atoms with van der Waals surface area (Å²) in [5.41, 5.74) is 8.84.